The number of hydrogen-bond donors (Lipinski definition) is 1. The average Bonchev–Trinajstić information content (AvgIpc) is 3.13. The summed E-state index contributed by atoms with van der Waals surface area (Å²) in [4.78, 5) is 13.6. The molecular weight excluding hydrogens is 407 g/mol. The van der Waals surface area contributed by atoms with Crippen LogP contribution in [0.1, 0.15) is 37.3 Å². The number of carbonyl (C=O) groups is 1. The molecule has 0 spiro atoms. The number of benzene rings is 2. The van der Waals surface area contributed by atoms with Crippen molar-refractivity contribution in [1.82, 2.24) is 10.2 Å². The molecule has 1 saturated heterocycles. The van der Waals surface area contributed by atoms with E-state index in [9.17, 15) is 9.18 Å². The third kappa shape index (κ3) is 6.09. The van der Waals surface area contributed by atoms with Crippen LogP contribution in [0.4, 0.5) is 4.39 Å². The van der Waals surface area contributed by atoms with Crippen LogP contribution in [0, 0.1) is 5.82 Å². The molecule has 0 saturated carbocycles. The van der Waals surface area contributed by atoms with E-state index >= 15 is 0 Å². The molecule has 0 aliphatic carbocycles. The summed E-state index contributed by atoms with van der Waals surface area (Å²) in [7, 11) is 0. The zero-order valence-electron chi connectivity index (χ0n) is 17.3. The van der Waals surface area contributed by atoms with Crippen LogP contribution in [-0.2, 0) is 17.9 Å². The number of nitrogens with one attached hydrogen (secondary N) is 1. The lowest BCUT2D eigenvalue weighted by molar-refractivity contribution is -0.127. The first-order valence-corrected chi connectivity index (χ1v) is 10.8. The van der Waals surface area contributed by atoms with Crippen LogP contribution in [0.25, 0.3) is 0 Å². The standard InChI is InChI=1S/C23H28ClFN2O3/c1-2-29-22-14-17(15-26-11-5-13-27-12-4-8-23(27)28)9-10-21(22)30-16-18-19(24)6-3-7-20(18)25/h3,6-7,9-10,14,26H,2,4-5,8,11-13,15-16H2,1H3. The Balaban J connectivity index is 1.52. The molecule has 1 N–H and O–H groups in total. The zero-order valence-corrected chi connectivity index (χ0v) is 18.0. The monoisotopic (exact) mass is 434 g/mol. The Morgan fingerprint density at radius 1 is 1.20 bits per heavy atom. The molecule has 1 aliphatic heterocycles. The van der Waals surface area contributed by atoms with Gasteiger partial charge in [0.1, 0.15) is 12.4 Å². The summed E-state index contributed by atoms with van der Waals surface area (Å²) in [6.45, 7) is 5.64. The predicted octanol–water partition coefficient (Wildman–Crippen LogP) is 4.56. The molecule has 162 valence electrons. The summed E-state index contributed by atoms with van der Waals surface area (Å²) in [5, 5.41) is 3.74. The van der Waals surface area contributed by atoms with Gasteiger partial charge < -0.3 is 19.7 Å². The summed E-state index contributed by atoms with van der Waals surface area (Å²) in [5.74, 6) is 1.04. The Morgan fingerprint density at radius 3 is 2.80 bits per heavy atom. The highest BCUT2D eigenvalue weighted by molar-refractivity contribution is 6.31. The highest BCUT2D eigenvalue weighted by Crippen LogP contribution is 2.30. The molecule has 1 heterocycles. The molecule has 0 atom stereocenters. The fraction of sp³-hybridized carbons (Fsp3) is 0.435. The van der Waals surface area contributed by atoms with Crippen LogP contribution in [0.5, 0.6) is 11.5 Å². The molecule has 0 radical (unpaired) electrons. The van der Waals surface area contributed by atoms with E-state index in [1.807, 2.05) is 30.0 Å². The lowest BCUT2D eigenvalue weighted by Crippen LogP contribution is -2.28. The minimum atomic E-state index is -0.392. The van der Waals surface area contributed by atoms with Gasteiger partial charge in [0.15, 0.2) is 11.5 Å². The van der Waals surface area contributed by atoms with Gasteiger partial charge in [-0.2, -0.15) is 0 Å². The topological polar surface area (TPSA) is 50.8 Å². The van der Waals surface area contributed by atoms with E-state index in [1.165, 1.54) is 6.07 Å². The van der Waals surface area contributed by atoms with Gasteiger partial charge in [-0.3, -0.25) is 4.79 Å². The fourth-order valence-corrected chi connectivity index (χ4v) is 3.66. The molecule has 5 nitrogen and oxygen atoms in total. The smallest absolute Gasteiger partial charge is 0.222 e. The van der Waals surface area contributed by atoms with Crippen molar-refractivity contribution in [3.63, 3.8) is 0 Å². The van der Waals surface area contributed by atoms with Gasteiger partial charge in [0.2, 0.25) is 5.91 Å². The molecule has 3 rings (SSSR count). The third-order valence-corrected chi connectivity index (χ3v) is 5.38. The van der Waals surface area contributed by atoms with Crippen molar-refractivity contribution in [2.24, 2.45) is 0 Å². The molecule has 2 aromatic rings. The number of hydrogen-bond acceptors (Lipinski definition) is 4. The Kier molecular flexibility index (Phi) is 8.34. The molecule has 1 aliphatic rings. The van der Waals surface area contributed by atoms with Crippen molar-refractivity contribution < 1.29 is 18.7 Å². The van der Waals surface area contributed by atoms with E-state index in [2.05, 4.69) is 5.32 Å². The van der Waals surface area contributed by atoms with Gasteiger partial charge in [-0.15, -0.1) is 0 Å². The minimum Gasteiger partial charge on any atom is -0.490 e. The number of carbonyl (C=O) groups excluding carboxylic acids is 1. The van der Waals surface area contributed by atoms with Gasteiger partial charge in [0, 0.05) is 31.6 Å². The first-order valence-electron chi connectivity index (χ1n) is 10.4. The highest BCUT2D eigenvalue weighted by Gasteiger charge is 2.18. The second kappa shape index (κ2) is 11.2. The van der Waals surface area contributed by atoms with E-state index < -0.39 is 5.82 Å². The molecule has 30 heavy (non-hydrogen) atoms. The van der Waals surface area contributed by atoms with Gasteiger partial charge >= 0.3 is 0 Å². The maximum absolute atomic E-state index is 14.0. The van der Waals surface area contributed by atoms with Crippen LogP contribution < -0.4 is 14.8 Å². The van der Waals surface area contributed by atoms with E-state index in [0.717, 1.165) is 38.0 Å². The lowest BCUT2D eigenvalue weighted by Gasteiger charge is -2.16. The van der Waals surface area contributed by atoms with Crippen molar-refractivity contribution in [3.8, 4) is 11.5 Å². The van der Waals surface area contributed by atoms with Gasteiger partial charge in [-0.1, -0.05) is 23.7 Å². The maximum Gasteiger partial charge on any atom is 0.222 e. The van der Waals surface area contributed by atoms with Crippen LogP contribution in [-0.4, -0.2) is 37.0 Å². The summed E-state index contributed by atoms with van der Waals surface area (Å²) >= 11 is 6.07. The number of likely N-dealkylation sites (tertiary alicyclic amines) is 1. The van der Waals surface area contributed by atoms with Crippen LogP contribution in [0.3, 0.4) is 0 Å². The number of ether oxygens (including phenoxy) is 2. The SMILES string of the molecule is CCOc1cc(CNCCCN2CCCC2=O)ccc1OCc1c(F)cccc1Cl. The molecule has 1 fully saturated rings. The van der Waals surface area contributed by atoms with E-state index in [1.54, 1.807) is 12.1 Å². The largest absolute Gasteiger partial charge is 0.490 e. The van der Waals surface area contributed by atoms with Crippen LogP contribution in [0.2, 0.25) is 5.02 Å². The molecular formula is C23H28ClFN2O3. The molecule has 7 heteroatoms. The second-order valence-corrected chi connectivity index (χ2v) is 7.62. The summed E-state index contributed by atoms with van der Waals surface area (Å²) in [6.07, 6.45) is 2.59. The first-order chi connectivity index (χ1) is 14.6. The van der Waals surface area contributed by atoms with Gasteiger partial charge in [-0.05, 0) is 56.1 Å². The van der Waals surface area contributed by atoms with Crippen molar-refractivity contribution in [2.45, 2.75) is 39.3 Å². The van der Waals surface area contributed by atoms with E-state index in [0.29, 0.717) is 41.7 Å². The first kappa shape index (κ1) is 22.4. The molecule has 0 aromatic heterocycles. The second-order valence-electron chi connectivity index (χ2n) is 7.22. The Bertz CT molecular complexity index is 842. The average molecular weight is 435 g/mol. The number of amides is 1. The highest BCUT2D eigenvalue weighted by atomic mass is 35.5. The number of nitrogens with zero attached hydrogens (tertiary/aromatic N) is 1. The van der Waals surface area contributed by atoms with Crippen molar-refractivity contribution in [1.29, 1.82) is 0 Å². The zero-order chi connectivity index (χ0) is 21.3. The Hall–Kier alpha value is -2.31. The maximum atomic E-state index is 14.0. The quantitative estimate of drug-likeness (QED) is 0.527. The molecule has 0 unspecified atom stereocenters. The molecule has 1 amide bonds. The summed E-state index contributed by atoms with van der Waals surface area (Å²) in [6, 6.07) is 10.3. The normalized spacial score (nSPS) is 13.7. The molecule has 0 bridgehead atoms. The van der Waals surface area contributed by atoms with Crippen molar-refractivity contribution in [3.05, 3.63) is 58.4 Å². The summed E-state index contributed by atoms with van der Waals surface area (Å²) < 4.78 is 25.5. The van der Waals surface area contributed by atoms with Gasteiger partial charge in [0.05, 0.1) is 11.6 Å². The third-order valence-electron chi connectivity index (χ3n) is 5.02. The van der Waals surface area contributed by atoms with Gasteiger partial charge in [-0.25, -0.2) is 4.39 Å². The minimum absolute atomic E-state index is 0.0262. The van der Waals surface area contributed by atoms with Crippen LogP contribution in [0.15, 0.2) is 36.4 Å². The number of halogens is 2. The predicted molar refractivity (Wildman–Crippen MR) is 115 cm³/mol. The summed E-state index contributed by atoms with van der Waals surface area (Å²) in [5.41, 5.74) is 1.39. The number of rotatable bonds is 11. The molecule has 2 aromatic carbocycles. The van der Waals surface area contributed by atoms with Gasteiger partial charge in [0.25, 0.3) is 0 Å². The van der Waals surface area contributed by atoms with E-state index in [-0.39, 0.29) is 12.5 Å². The fourth-order valence-electron chi connectivity index (χ4n) is 3.44. The van der Waals surface area contributed by atoms with Crippen molar-refractivity contribution in [2.75, 3.05) is 26.2 Å². The Morgan fingerprint density at radius 2 is 2.07 bits per heavy atom. The van der Waals surface area contributed by atoms with Crippen molar-refractivity contribution >= 4 is 17.5 Å². The van der Waals surface area contributed by atoms with Crippen LogP contribution >= 0.6 is 11.6 Å². The lowest BCUT2D eigenvalue weighted by atomic mass is 10.2. The van der Waals surface area contributed by atoms with E-state index in [4.69, 9.17) is 21.1 Å². The Labute approximate surface area is 182 Å².